The second kappa shape index (κ2) is 11.1. The molecule has 3 aromatic rings. The van der Waals surface area contributed by atoms with Crippen molar-refractivity contribution < 1.29 is 9.59 Å². The minimum absolute atomic E-state index is 0.0860. The van der Waals surface area contributed by atoms with E-state index in [0.29, 0.717) is 23.1 Å². The number of hydrogen-bond donors (Lipinski definition) is 2. The Labute approximate surface area is 199 Å². The fourth-order valence-electron chi connectivity index (χ4n) is 3.70. The first-order chi connectivity index (χ1) is 15.8. The van der Waals surface area contributed by atoms with Crippen LogP contribution in [0, 0.1) is 13.8 Å². The minimum atomic E-state index is -0.327. The summed E-state index contributed by atoms with van der Waals surface area (Å²) in [4.78, 5) is 25.3. The summed E-state index contributed by atoms with van der Waals surface area (Å²) in [6.07, 6.45) is 0.851. The van der Waals surface area contributed by atoms with Crippen LogP contribution in [0.2, 0.25) is 0 Å². The number of carbonyl (C=O) groups excluding carboxylic acids is 2. The van der Waals surface area contributed by atoms with Gasteiger partial charge in [0, 0.05) is 17.8 Å². The van der Waals surface area contributed by atoms with Crippen LogP contribution in [0.5, 0.6) is 0 Å². The molecule has 2 amide bonds. The summed E-state index contributed by atoms with van der Waals surface area (Å²) in [5, 5.41) is 15.3. The number of thioether (sulfide) groups is 1. The summed E-state index contributed by atoms with van der Waals surface area (Å²) >= 11 is 1.34. The standard InChI is InChI=1S/C25H31N5O2S/c1-6-19-13-10-12-17(4)22(19)27-21(31)15-33-25-29-28-23(30(25)7-2)18(5)26-24(32)20-14-9-8-11-16(20)3/h8-14,18H,6-7,15H2,1-5H3,(H,26,32)(H,27,31). The molecule has 0 saturated heterocycles. The largest absolute Gasteiger partial charge is 0.342 e. The van der Waals surface area contributed by atoms with Crippen molar-refractivity contribution in [3.05, 3.63) is 70.5 Å². The Kier molecular flexibility index (Phi) is 8.27. The maximum Gasteiger partial charge on any atom is 0.252 e. The van der Waals surface area contributed by atoms with Gasteiger partial charge in [0.2, 0.25) is 5.91 Å². The van der Waals surface area contributed by atoms with Crippen LogP contribution in [0.3, 0.4) is 0 Å². The van der Waals surface area contributed by atoms with Gasteiger partial charge in [-0.3, -0.25) is 9.59 Å². The van der Waals surface area contributed by atoms with Gasteiger partial charge in [-0.25, -0.2) is 0 Å². The lowest BCUT2D eigenvalue weighted by atomic mass is 10.1. The van der Waals surface area contributed by atoms with Gasteiger partial charge in [0.1, 0.15) is 0 Å². The molecule has 0 fully saturated rings. The quantitative estimate of drug-likeness (QED) is 0.447. The molecule has 1 aromatic heterocycles. The topological polar surface area (TPSA) is 88.9 Å². The summed E-state index contributed by atoms with van der Waals surface area (Å²) < 4.78 is 1.94. The van der Waals surface area contributed by atoms with Crippen molar-refractivity contribution in [2.24, 2.45) is 0 Å². The Morgan fingerprint density at radius 1 is 1.03 bits per heavy atom. The maximum atomic E-state index is 12.7. The lowest BCUT2D eigenvalue weighted by molar-refractivity contribution is -0.113. The van der Waals surface area contributed by atoms with E-state index in [0.717, 1.165) is 28.8 Å². The highest BCUT2D eigenvalue weighted by Crippen LogP contribution is 2.24. The average Bonchev–Trinajstić information content (AvgIpc) is 3.22. The highest BCUT2D eigenvalue weighted by molar-refractivity contribution is 7.99. The number of benzene rings is 2. The van der Waals surface area contributed by atoms with Gasteiger partial charge in [-0.05, 0) is 56.9 Å². The highest BCUT2D eigenvalue weighted by atomic mass is 32.2. The number of para-hydroxylation sites is 1. The number of aromatic nitrogens is 3. The third kappa shape index (κ3) is 5.82. The molecule has 3 rings (SSSR count). The van der Waals surface area contributed by atoms with Crippen LogP contribution in [0.25, 0.3) is 0 Å². The third-order valence-corrected chi connectivity index (χ3v) is 6.49. The predicted molar refractivity (Wildman–Crippen MR) is 133 cm³/mol. The van der Waals surface area contributed by atoms with E-state index in [1.54, 1.807) is 6.07 Å². The highest BCUT2D eigenvalue weighted by Gasteiger charge is 2.21. The number of hydrogen-bond acceptors (Lipinski definition) is 5. The van der Waals surface area contributed by atoms with E-state index in [2.05, 4.69) is 27.8 Å². The van der Waals surface area contributed by atoms with Crippen molar-refractivity contribution in [3.8, 4) is 0 Å². The van der Waals surface area contributed by atoms with E-state index in [9.17, 15) is 9.59 Å². The summed E-state index contributed by atoms with van der Waals surface area (Å²) in [7, 11) is 0. The molecule has 2 aromatic carbocycles. The van der Waals surface area contributed by atoms with Crippen molar-refractivity contribution in [1.29, 1.82) is 0 Å². The van der Waals surface area contributed by atoms with Gasteiger partial charge in [0.25, 0.3) is 5.91 Å². The first-order valence-corrected chi connectivity index (χ1v) is 12.1. The van der Waals surface area contributed by atoms with Crippen LogP contribution < -0.4 is 10.6 Å². The number of anilines is 1. The molecule has 0 aliphatic carbocycles. The van der Waals surface area contributed by atoms with Crippen molar-refractivity contribution in [1.82, 2.24) is 20.1 Å². The van der Waals surface area contributed by atoms with Gasteiger partial charge in [-0.2, -0.15) is 0 Å². The molecule has 33 heavy (non-hydrogen) atoms. The number of nitrogens with zero attached hydrogens (tertiary/aromatic N) is 3. The van der Waals surface area contributed by atoms with E-state index in [1.165, 1.54) is 11.8 Å². The van der Waals surface area contributed by atoms with Gasteiger partial charge in [-0.15, -0.1) is 10.2 Å². The predicted octanol–water partition coefficient (Wildman–Crippen LogP) is 4.70. The molecule has 8 heteroatoms. The van der Waals surface area contributed by atoms with Gasteiger partial charge in [0.05, 0.1) is 11.8 Å². The van der Waals surface area contributed by atoms with Crippen molar-refractivity contribution >= 4 is 29.3 Å². The van der Waals surface area contributed by atoms with Gasteiger partial charge in [0.15, 0.2) is 11.0 Å². The van der Waals surface area contributed by atoms with Crippen LogP contribution in [-0.2, 0) is 17.8 Å². The van der Waals surface area contributed by atoms with E-state index in [4.69, 9.17) is 0 Å². The lowest BCUT2D eigenvalue weighted by Crippen LogP contribution is -2.29. The van der Waals surface area contributed by atoms with Gasteiger partial charge < -0.3 is 15.2 Å². The average molecular weight is 466 g/mol. The monoisotopic (exact) mass is 465 g/mol. The molecule has 174 valence electrons. The SMILES string of the molecule is CCc1cccc(C)c1NC(=O)CSc1nnc(C(C)NC(=O)c2ccccc2C)n1CC. The molecule has 0 saturated carbocycles. The van der Waals surface area contributed by atoms with Crippen molar-refractivity contribution in [3.63, 3.8) is 0 Å². The normalized spacial score (nSPS) is 11.8. The molecule has 1 unspecified atom stereocenters. The molecule has 0 bridgehead atoms. The number of amides is 2. The van der Waals surface area contributed by atoms with E-state index in [1.807, 2.05) is 68.7 Å². The zero-order valence-electron chi connectivity index (χ0n) is 19.8. The van der Waals surface area contributed by atoms with Crippen molar-refractivity contribution in [2.75, 3.05) is 11.1 Å². The Bertz CT molecular complexity index is 1140. The molecule has 0 aliphatic rings. The van der Waals surface area contributed by atoms with Crippen LogP contribution in [-0.4, -0.2) is 32.3 Å². The second-order valence-corrected chi connectivity index (χ2v) is 8.84. The summed E-state index contributed by atoms with van der Waals surface area (Å²) in [5.41, 5.74) is 4.61. The molecule has 0 spiro atoms. The molecular formula is C25H31N5O2S. The minimum Gasteiger partial charge on any atom is -0.342 e. The molecule has 0 aliphatic heterocycles. The fourth-order valence-corrected chi connectivity index (χ4v) is 4.51. The number of carbonyl (C=O) groups is 2. The summed E-state index contributed by atoms with van der Waals surface area (Å²) in [5.74, 6) is 0.649. The smallest absolute Gasteiger partial charge is 0.252 e. The molecule has 2 N–H and O–H groups in total. The van der Waals surface area contributed by atoms with Crippen LogP contribution >= 0.6 is 11.8 Å². The molecular weight excluding hydrogens is 434 g/mol. The number of rotatable bonds is 9. The Hall–Kier alpha value is -3.13. The zero-order valence-corrected chi connectivity index (χ0v) is 20.6. The number of nitrogens with one attached hydrogen (secondary N) is 2. The lowest BCUT2D eigenvalue weighted by Gasteiger charge is -2.16. The molecule has 1 heterocycles. The molecule has 0 radical (unpaired) electrons. The molecule has 1 atom stereocenters. The number of aryl methyl sites for hydroxylation is 3. The maximum absolute atomic E-state index is 12.7. The first kappa shape index (κ1) is 24.5. The van der Waals surface area contributed by atoms with Crippen LogP contribution in [0.1, 0.15) is 59.7 Å². The van der Waals surface area contributed by atoms with Gasteiger partial charge in [-0.1, -0.05) is 55.1 Å². The fraction of sp³-hybridized carbons (Fsp3) is 0.360. The van der Waals surface area contributed by atoms with E-state index in [-0.39, 0.29) is 23.6 Å². The van der Waals surface area contributed by atoms with Crippen molar-refractivity contribution in [2.45, 2.75) is 58.8 Å². The van der Waals surface area contributed by atoms with Crippen LogP contribution in [0.4, 0.5) is 5.69 Å². The second-order valence-electron chi connectivity index (χ2n) is 7.89. The Morgan fingerprint density at radius 3 is 2.45 bits per heavy atom. The Morgan fingerprint density at radius 2 is 1.76 bits per heavy atom. The molecule has 7 nitrogen and oxygen atoms in total. The van der Waals surface area contributed by atoms with Gasteiger partial charge >= 0.3 is 0 Å². The van der Waals surface area contributed by atoms with E-state index < -0.39 is 0 Å². The van der Waals surface area contributed by atoms with E-state index >= 15 is 0 Å². The Balaban J connectivity index is 1.66. The summed E-state index contributed by atoms with van der Waals surface area (Å²) in [6, 6.07) is 13.2. The third-order valence-electron chi connectivity index (χ3n) is 5.52. The first-order valence-electron chi connectivity index (χ1n) is 11.2. The summed E-state index contributed by atoms with van der Waals surface area (Å²) in [6.45, 7) is 10.5. The van der Waals surface area contributed by atoms with Crippen LogP contribution in [0.15, 0.2) is 47.6 Å². The zero-order chi connectivity index (χ0) is 24.0.